The minimum absolute atomic E-state index is 0.158. The SMILES string of the molecule is COc1cc2c(NCCOC(F)F)c(N)cnc2cc1-c1c(C)noc1C. The molecule has 3 aromatic rings. The molecule has 1 aromatic carbocycles. The average molecular weight is 378 g/mol. The quantitative estimate of drug-likeness (QED) is 0.605. The number of pyridine rings is 1. The van der Waals surface area contributed by atoms with Crippen molar-refractivity contribution in [2.75, 3.05) is 31.3 Å². The van der Waals surface area contributed by atoms with Gasteiger partial charge in [0.25, 0.3) is 0 Å². The smallest absolute Gasteiger partial charge is 0.345 e. The van der Waals surface area contributed by atoms with Gasteiger partial charge in [-0.1, -0.05) is 5.16 Å². The Morgan fingerprint density at radius 1 is 1.30 bits per heavy atom. The van der Waals surface area contributed by atoms with Gasteiger partial charge < -0.3 is 25.0 Å². The molecule has 0 spiro atoms. The van der Waals surface area contributed by atoms with E-state index < -0.39 is 6.61 Å². The van der Waals surface area contributed by atoms with Crippen molar-refractivity contribution in [1.82, 2.24) is 10.1 Å². The Morgan fingerprint density at radius 2 is 2.07 bits per heavy atom. The first-order valence-corrected chi connectivity index (χ1v) is 8.25. The van der Waals surface area contributed by atoms with Crippen LogP contribution in [0.4, 0.5) is 20.2 Å². The average Bonchev–Trinajstić information content (AvgIpc) is 2.97. The van der Waals surface area contributed by atoms with E-state index in [2.05, 4.69) is 20.2 Å². The number of nitrogens with zero attached hydrogens (tertiary/aromatic N) is 2. The summed E-state index contributed by atoms with van der Waals surface area (Å²) in [4.78, 5) is 4.38. The van der Waals surface area contributed by atoms with Gasteiger partial charge in [0.2, 0.25) is 0 Å². The van der Waals surface area contributed by atoms with Gasteiger partial charge in [-0.3, -0.25) is 4.98 Å². The minimum atomic E-state index is -2.81. The molecule has 7 nitrogen and oxygen atoms in total. The fourth-order valence-electron chi connectivity index (χ4n) is 2.99. The van der Waals surface area contributed by atoms with Gasteiger partial charge in [-0.15, -0.1) is 0 Å². The zero-order chi connectivity index (χ0) is 19.6. The molecule has 0 aliphatic rings. The zero-order valence-electron chi connectivity index (χ0n) is 15.2. The second-order valence-electron chi connectivity index (χ2n) is 5.92. The van der Waals surface area contributed by atoms with Gasteiger partial charge in [0.15, 0.2) is 0 Å². The van der Waals surface area contributed by atoms with Crippen LogP contribution < -0.4 is 15.8 Å². The maximum Gasteiger partial charge on any atom is 0.345 e. The van der Waals surface area contributed by atoms with Crippen LogP contribution >= 0.6 is 0 Å². The lowest BCUT2D eigenvalue weighted by atomic mass is 10.00. The van der Waals surface area contributed by atoms with E-state index >= 15 is 0 Å². The van der Waals surface area contributed by atoms with Crippen molar-refractivity contribution in [3.8, 4) is 16.9 Å². The summed E-state index contributed by atoms with van der Waals surface area (Å²) < 4.78 is 39.3. The molecule has 0 amide bonds. The lowest BCUT2D eigenvalue weighted by molar-refractivity contribution is -0.125. The summed E-state index contributed by atoms with van der Waals surface area (Å²) in [6.45, 7) is 0.875. The molecule has 27 heavy (non-hydrogen) atoms. The lowest BCUT2D eigenvalue weighted by Gasteiger charge is -2.15. The number of ether oxygens (including phenoxy) is 2. The summed E-state index contributed by atoms with van der Waals surface area (Å²) in [6.07, 6.45) is 1.52. The highest BCUT2D eigenvalue weighted by atomic mass is 19.3. The number of benzene rings is 1. The number of halogens is 2. The molecular weight excluding hydrogens is 358 g/mol. The van der Waals surface area contributed by atoms with E-state index in [4.69, 9.17) is 15.0 Å². The third-order valence-electron chi connectivity index (χ3n) is 4.17. The van der Waals surface area contributed by atoms with Crippen molar-refractivity contribution in [2.45, 2.75) is 20.5 Å². The molecule has 0 fully saturated rings. The first kappa shape index (κ1) is 18.8. The van der Waals surface area contributed by atoms with Crippen LogP contribution in [0.15, 0.2) is 22.9 Å². The van der Waals surface area contributed by atoms with Crippen molar-refractivity contribution in [2.24, 2.45) is 0 Å². The van der Waals surface area contributed by atoms with E-state index in [9.17, 15) is 8.78 Å². The molecule has 0 saturated carbocycles. The second kappa shape index (κ2) is 7.75. The number of nitrogens with one attached hydrogen (secondary N) is 1. The molecule has 2 aromatic heterocycles. The fourth-order valence-corrected chi connectivity index (χ4v) is 2.99. The summed E-state index contributed by atoms with van der Waals surface area (Å²) in [7, 11) is 1.56. The first-order chi connectivity index (χ1) is 12.9. The van der Waals surface area contributed by atoms with Gasteiger partial charge in [0.1, 0.15) is 11.5 Å². The van der Waals surface area contributed by atoms with Gasteiger partial charge in [0, 0.05) is 17.5 Å². The standard InChI is InChI=1S/C18H20F2N4O3/c1-9-16(10(2)27-24-9)12-6-14-11(7-15(12)25-3)17(13(21)8-23-14)22-4-5-26-18(19)20/h6-8,18H,4-5,21H2,1-3H3,(H,22,23). The molecule has 0 saturated heterocycles. The van der Waals surface area contributed by atoms with E-state index in [-0.39, 0.29) is 13.2 Å². The largest absolute Gasteiger partial charge is 0.496 e. The molecular formula is C18H20F2N4O3. The number of hydrogen-bond donors (Lipinski definition) is 2. The topological polar surface area (TPSA) is 95.4 Å². The van der Waals surface area contributed by atoms with Crippen LogP contribution in [-0.2, 0) is 4.74 Å². The maximum atomic E-state index is 12.1. The van der Waals surface area contributed by atoms with Gasteiger partial charge in [-0.2, -0.15) is 8.78 Å². The van der Waals surface area contributed by atoms with E-state index in [1.165, 1.54) is 6.20 Å². The zero-order valence-corrected chi connectivity index (χ0v) is 15.2. The predicted octanol–water partition coefficient (Wildman–Crippen LogP) is 3.75. The van der Waals surface area contributed by atoms with E-state index in [0.717, 1.165) is 16.8 Å². The van der Waals surface area contributed by atoms with Crippen LogP contribution in [0.5, 0.6) is 5.75 Å². The molecule has 9 heteroatoms. The fraction of sp³-hybridized carbons (Fsp3) is 0.333. The maximum absolute atomic E-state index is 12.1. The van der Waals surface area contributed by atoms with Crippen LogP contribution in [0, 0.1) is 13.8 Å². The minimum Gasteiger partial charge on any atom is -0.496 e. The number of methoxy groups -OCH3 is 1. The number of aryl methyl sites for hydroxylation is 2. The molecule has 0 bridgehead atoms. The van der Waals surface area contributed by atoms with Crippen LogP contribution in [0.2, 0.25) is 0 Å². The van der Waals surface area contributed by atoms with Crippen molar-refractivity contribution in [3.63, 3.8) is 0 Å². The van der Waals surface area contributed by atoms with Gasteiger partial charge >= 0.3 is 6.61 Å². The summed E-state index contributed by atoms with van der Waals surface area (Å²) in [5.41, 5.74) is 10.0. The summed E-state index contributed by atoms with van der Waals surface area (Å²) in [6, 6.07) is 3.66. The Labute approximate surface area is 154 Å². The monoisotopic (exact) mass is 378 g/mol. The van der Waals surface area contributed by atoms with Gasteiger partial charge in [-0.25, -0.2) is 0 Å². The molecule has 0 unspecified atom stereocenters. The van der Waals surface area contributed by atoms with Crippen molar-refractivity contribution < 1.29 is 22.8 Å². The number of nitrogen functional groups attached to an aromatic ring is 1. The van der Waals surface area contributed by atoms with Crippen molar-refractivity contribution >= 4 is 22.3 Å². The van der Waals surface area contributed by atoms with Crippen molar-refractivity contribution in [1.29, 1.82) is 0 Å². The first-order valence-electron chi connectivity index (χ1n) is 8.25. The second-order valence-corrected chi connectivity index (χ2v) is 5.92. The number of anilines is 2. The normalized spacial score (nSPS) is 11.3. The van der Waals surface area contributed by atoms with Gasteiger partial charge in [0.05, 0.1) is 48.1 Å². The molecule has 0 radical (unpaired) electrons. The van der Waals surface area contributed by atoms with E-state index in [1.54, 1.807) is 13.2 Å². The Hall–Kier alpha value is -2.94. The molecule has 2 heterocycles. The number of fused-ring (bicyclic) bond motifs is 1. The van der Waals surface area contributed by atoms with E-state index in [1.807, 2.05) is 19.9 Å². The number of aromatic nitrogens is 2. The number of hydrogen-bond acceptors (Lipinski definition) is 7. The highest BCUT2D eigenvalue weighted by Crippen LogP contribution is 2.39. The Morgan fingerprint density at radius 3 is 2.70 bits per heavy atom. The highest BCUT2D eigenvalue weighted by Gasteiger charge is 2.19. The molecule has 3 rings (SSSR count). The van der Waals surface area contributed by atoms with Crippen molar-refractivity contribution in [3.05, 3.63) is 29.8 Å². The highest BCUT2D eigenvalue weighted by molar-refractivity contribution is 6.00. The third-order valence-corrected chi connectivity index (χ3v) is 4.17. The molecule has 0 aliphatic heterocycles. The van der Waals surface area contributed by atoms with Crippen LogP contribution in [0.1, 0.15) is 11.5 Å². The number of rotatable bonds is 7. The Balaban J connectivity index is 2.05. The summed E-state index contributed by atoms with van der Waals surface area (Å²) >= 11 is 0. The molecule has 0 aliphatic carbocycles. The lowest BCUT2D eigenvalue weighted by Crippen LogP contribution is -2.13. The van der Waals surface area contributed by atoms with Crippen LogP contribution in [0.3, 0.4) is 0 Å². The van der Waals surface area contributed by atoms with Crippen LogP contribution in [-0.4, -0.2) is 37.0 Å². The Bertz CT molecular complexity index is 940. The van der Waals surface area contributed by atoms with E-state index in [0.29, 0.717) is 33.8 Å². The third kappa shape index (κ3) is 3.77. The molecule has 144 valence electrons. The van der Waals surface area contributed by atoms with Gasteiger partial charge in [-0.05, 0) is 26.0 Å². The number of alkyl halides is 2. The summed E-state index contributed by atoms with van der Waals surface area (Å²) in [5, 5.41) is 7.72. The number of nitrogens with two attached hydrogens (primary N) is 1. The van der Waals surface area contributed by atoms with Crippen LogP contribution in [0.25, 0.3) is 22.0 Å². The summed E-state index contributed by atoms with van der Waals surface area (Å²) in [5.74, 6) is 1.26. The molecule has 3 N–H and O–H groups in total. The Kier molecular flexibility index (Phi) is 5.41. The molecule has 0 atom stereocenters. The predicted molar refractivity (Wildman–Crippen MR) is 98.1 cm³/mol.